The number of hydrogen-bond donors (Lipinski definition) is 0. The molecule has 0 aromatic heterocycles. The highest BCUT2D eigenvalue weighted by Gasteiger charge is 2.66. The van der Waals surface area contributed by atoms with Crippen LogP contribution in [-0.2, 0) is 36.0 Å². The van der Waals surface area contributed by atoms with Gasteiger partial charge in [-0.1, -0.05) is 109 Å². The summed E-state index contributed by atoms with van der Waals surface area (Å²) in [6.07, 6.45) is -0.877. The van der Waals surface area contributed by atoms with E-state index < -0.39 is 23.7 Å². The Balaban J connectivity index is 1.54. The second-order valence-electron chi connectivity index (χ2n) is 9.85. The lowest BCUT2D eigenvalue weighted by molar-refractivity contribution is -0.192. The van der Waals surface area contributed by atoms with Gasteiger partial charge < -0.3 is 14.4 Å². The van der Waals surface area contributed by atoms with Crippen LogP contribution in [0.4, 0.5) is 5.69 Å². The van der Waals surface area contributed by atoms with E-state index in [1.54, 1.807) is 17.0 Å². The van der Waals surface area contributed by atoms with Crippen LogP contribution >= 0.6 is 0 Å². The van der Waals surface area contributed by atoms with E-state index in [4.69, 9.17) is 9.47 Å². The van der Waals surface area contributed by atoms with Crippen LogP contribution < -0.4 is 4.90 Å². The standard InChI is InChI=1S/C33H28N2O5/c1-39-32(38)29(24-15-7-3-8-16-24)35-27-20-12-11-19-26(27)33(25-17-9-4-10-18-25)30(31(37)34(33)21-28(35)36)40-22-23-13-5-2-6-14-23/h2-20,29-30H,21-22H2,1H3/t29?,30-,33+/m1/s1. The molecule has 6 rings (SSSR count). The molecule has 1 fully saturated rings. The molecule has 3 atom stereocenters. The van der Waals surface area contributed by atoms with Crippen LogP contribution in [0.2, 0.25) is 0 Å². The molecule has 0 N–H and O–H groups in total. The Morgan fingerprint density at radius 1 is 0.850 bits per heavy atom. The average molecular weight is 533 g/mol. The summed E-state index contributed by atoms with van der Waals surface area (Å²) >= 11 is 0. The number of β-lactam (4-membered cyclic amide) rings is 1. The van der Waals surface area contributed by atoms with Crippen molar-refractivity contribution in [1.82, 2.24) is 4.90 Å². The number of rotatable bonds is 7. The third kappa shape index (κ3) is 3.98. The summed E-state index contributed by atoms with van der Waals surface area (Å²) in [6.45, 7) is 0.00221. The first kappa shape index (κ1) is 25.5. The summed E-state index contributed by atoms with van der Waals surface area (Å²) in [7, 11) is 1.31. The largest absolute Gasteiger partial charge is 0.467 e. The van der Waals surface area contributed by atoms with Crippen molar-refractivity contribution in [3.05, 3.63) is 138 Å². The fourth-order valence-corrected chi connectivity index (χ4v) is 5.93. The summed E-state index contributed by atoms with van der Waals surface area (Å²) in [5, 5.41) is 0. The summed E-state index contributed by atoms with van der Waals surface area (Å²) < 4.78 is 11.6. The lowest BCUT2D eigenvalue weighted by Gasteiger charge is -2.56. The molecular weight excluding hydrogens is 504 g/mol. The van der Waals surface area contributed by atoms with Crippen molar-refractivity contribution in [2.75, 3.05) is 18.6 Å². The van der Waals surface area contributed by atoms with Gasteiger partial charge in [0.15, 0.2) is 12.1 Å². The number of esters is 1. The first-order valence-corrected chi connectivity index (χ1v) is 13.1. The molecule has 1 unspecified atom stereocenters. The predicted molar refractivity (Wildman–Crippen MR) is 149 cm³/mol. The zero-order chi connectivity index (χ0) is 27.7. The molecule has 0 spiro atoms. The second kappa shape index (κ2) is 10.4. The predicted octanol–water partition coefficient (Wildman–Crippen LogP) is 4.62. The highest BCUT2D eigenvalue weighted by molar-refractivity contribution is 6.07. The van der Waals surface area contributed by atoms with Crippen LogP contribution in [-0.4, -0.2) is 42.4 Å². The molecule has 200 valence electrons. The van der Waals surface area contributed by atoms with Gasteiger partial charge in [-0.2, -0.15) is 0 Å². The first-order valence-electron chi connectivity index (χ1n) is 13.1. The molecule has 4 aromatic carbocycles. The van der Waals surface area contributed by atoms with E-state index in [1.807, 2.05) is 103 Å². The van der Waals surface area contributed by atoms with E-state index in [0.29, 0.717) is 16.8 Å². The maximum Gasteiger partial charge on any atom is 0.333 e. The van der Waals surface area contributed by atoms with Gasteiger partial charge in [0.05, 0.1) is 19.4 Å². The molecule has 40 heavy (non-hydrogen) atoms. The maximum atomic E-state index is 14.1. The van der Waals surface area contributed by atoms with Gasteiger partial charge in [-0.25, -0.2) is 4.79 Å². The number of carbonyl (C=O) groups is 3. The topological polar surface area (TPSA) is 76.2 Å². The Morgan fingerprint density at radius 3 is 2.12 bits per heavy atom. The van der Waals surface area contributed by atoms with Crippen molar-refractivity contribution in [3.8, 4) is 0 Å². The van der Waals surface area contributed by atoms with E-state index in [0.717, 1.165) is 11.1 Å². The van der Waals surface area contributed by atoms with Crippen molar-refractivity contribution in [1.29, 1.82) is 0 Å². The zero-order valence-corrected chi connectivity index (χ0v) is 22.0. The number of nitrogens with zero attached hydrogens (tertiary/aromatic N) is 2. The normalized spacial score (nSPS) is 20.6. The lowest BCUT2D eigenvalue weighted by atomic mass is 9.69. The number of hydrogen-bond acceptors (Lipinski definition) is 5. The first-order chi connectivity index (χ1) is 19.6. The minimum atomic E-state index is -1.08. The molecule has 7 heteroatoms. The second-order valence-corrected chi connectivity index (χ2v) is 9.85. The van der Waals surface area contributed by atoms with Gasteiger partial charge in [-0.3, -0.25) is 14.5 Å². The van der Waals surface area contributed by atoms with Gasteiger partial charge in [-0.05, 0) is 22.8 Å². The number of amides is 2. The van der Waals surface area contributed by atoms with Crippen molar-refractivity contribution in [2.24, 2.45) is 0 Å². The maximum absolute atomic E-state index is 14.1. The van der Waals surface area contributed by atoms with Gasteiger partial charge in [0, 0.05) is 5.56 Å². The molecule has 2 aliphatic rings. The van der Waals surface area contributed by atoms with Crippen molar-refractivity contribution in [2.45, 2.75) is 24.3 Å². The van der Waals surface area contributed by atoms with E-state index in [9.17, 15) is 14.4 Å². The van der Waals surface area contributed by atoms with Crippen LogP contribution in [0.1, 0.15) is 28.3 Å². The minimum Gasteiger partial charge on any atom is -0.467 e. The Labute approximate surface area is 232 Å². The van der Waals surface area contributed by atoms with Gasteiger partial charge in [0.1, 0.15) is 12.1 Å². The van der Waals surface area contributed by atoms with Gasteiger partial charge in [0.25, 0.3) is 5.91 Å². The molecule has 4 aromatic rings. The Kier molecular flexibility index (Phi) is 6.66. The van der Waals surface area contributed by atoms with Crippen LogP contribution in [0.15, 0.2) is 115 Å². The number of carbonyl (C=O) groups excluding carboxylic acids is 3. The van der Waals surface area contributed by atoms with E-state index in [-0.39, 0.29) is 25.0 Å². The van der Waals surface area contributed by atoms with E-state index in [1.165, 1.54) is 12.0 Å². The summed E-state index contributed by atoms with van der Waals surface area (Å²) in [5.74, 6) is -1.24. The molecule has 7 nitrogen and oxygen atoms in total. The third-order valence-electron chi connectivity index (χ3n) is 7.70. The van der Waals surface area contributed by atoms with Gasteiger partial charge >= 0.3 is 5.97 Å². The van der Waals surface area contributed by atoms with Crippen molar-refractivity contribution in [3.63, 3.8) is 0 Å². The van der Waals surface area contributed by atoms with Crippen molar-refractivity contribution < 1.29 is 23.9 Å². The number of para-hydroxylation sites is 1. The molecule has 0 aliphatic carbocycles. The molecule has 2 amide bonds. The third-order valence-corrected chi connectivity index (χ3v) is 7.70. The highest BCUT2D eigenvalue weighted by atomic mass is 16.5. The highest BCUT2D eigenvalue weighted by Crippen LogP contribution is 2.54. The fourth-order valence-electron chi connectivity index (χ4n) is 5.93. The number of benzene rings is 4. The Hall–Kier alpha value is -4.75. The van der Waals surface area contributed by atoms with E-state index >= 15 is 0 Å². The number of methoxy groups -OCH3 is 1. The molecule has 2 heterocycles. The summed E-state index contributed by atoms with van der Waals surface area (Å²) in [5.41, 5.74) is 2.52. The molecule has 0 saturated carbocycles. The van der Waals surface area contributed by atoms with Crippen LogP contribution in [0, 0.1) is 0 Å². The van der Waals surface area contributed by atoms with Crippen LogP contribution in [0.3, 0.4) is 0 Å². The van der Waals surface area contributed by atoms with Crippen LogP contribution in [0.25, 0.3) is 0 Å². The lowest BCUT2D eigenvalue weighted by Crippen LogP contribution is -2.73. The molecule has 1 saturated heterocycles. The fraction of sp³-hybridized carbons (Fsp3) is 0.182. The summed E-state index contributed by atoms with van der Waals surface area (Å²) in [4.78, 5) is 44.2. The molecule has 0 radical (unpaired) electrons. The molecule has 0 bridgehead atoms. The average Bonchev–Trinajstić information content (AvgIpc) is 3.10. The monoisotopic (exact) mass is 532 g/mol. The van der Waals surface area contributed by atoms with Crippen LogP contribution in [0.5, 0.6) is 0 Å². The van der Waals surface area contributed by atoms with Gasteiger partial charge in [0.2, 0.25) is 5.91 Å². The zero-order valence-electron chi connectivity index (χ0n) is 22.0. The minimum absolute atomic E-state index is 0.228. The number of anilines is 1. The quantitative estimate of drug-likeness (QED) is 0.257. The Morgan fingerprint density at radius 2 is 1.45 bits per heavy atom. The SMILES string of the molecule is COC(=O)C(c1ccccc1)N1C(=O)CN2C(=O)[C@@H](OCc3ccccc3)[C@]2(c2ccccc2)c2ccccc21. The smallest absolute Gasteiger partial charge is 0.333 e. The number of fused-ring (bicyclic) bond motifs is 3. The van der Waals surface area contributed by atoms with E-state index in [2.05, 4.69) is 0 Å². The number of ether oxygens (including phenoxy) is 2. The van der Waals surface area contributed by atoms with Gasteiger partial charge in [-0.15, -0.1) is 0 Å². The summed E-state index contributed by atoms with van der Waals surface area (Å²) in [6, 6.07) is 34.8. The van der Waals surface area contributed by atoms with Crippen molar-refractivity contribution >= 4 is 23.5 Å². The Bertz CT molecular complexity index is 1540. The molecule has 2 aliphatic heterocycles. The molecular formula is C33H28N2O5.